The molecule has 0 spiro atoms. The third kappa shape index (κ3) is 2.28. The number of halogens is 1. The number of hydrogen-bond donors (Lipinski definition) is 0. The van der Waals surface area contributed by atoms with Crippen LogP contribution in [0.15, 0.2) is 46.5 Å². The maximum atomic E-state index is 13.0. The summed E-state index contributed by atoms with van der Waals surface area (Å²) >= 11 is 7.47. The Morgan fingerprint density at radius 1 is 1.21 bits per heavy atom. The van der Waals surface area contributed by atoms with Crippen molar-refractivity contribution in [2.45, 2.75) is 12.1 Å². The van der Waals surface area contributed by atoms with Crippen LogP contribution in [0.3, 0.4) is 0 Å². The molecule has 0 atom stereocenters. The molecule has 4 aromatic rings. The van der Waals surface area contributed by atoms with E-state index < -0.39 is 0 Å². The monoisotopic (exact) mass is 357 g/mol. The fourth-order valence-corrected chi connectivity index (χ4v) is 3.20. The van der Waals surface area contributed by atoms with Gasteiger partial charge in [0.05, 0.1) is 22.3 Å². The molecule has 0 fully saturated rings. The summed E-state index contributed by atoms with van der Waals surface area (Å²) in [5.74, 6) is 0.490. The van der Waals surface area contributed by atoms with E-state index >= 15 is 0 Å². The van der Waals surface area contributed by atoms with E-state index in [9.17, 15) is 4.79 Å². The summed E-state index contributed by atoms with van der Waals surface area (Å²) in [7, 11) is 0. The fraction of sp³-hybridized carbons (Fsp3) is 0.125. The van der Waals surface area contributed by atoms with Crippen LogP contribution in [0.2, 0.25) is 5.02 Å². The van der Waals surface area contributed by atoms with Crippen molar-refractivity contribution in [3.63, 3.8) is 0 Å². The number of nitrogens with zero attached hydrogens (tertiary/aromatic N) is 5. The van der Waals surface area contributed by atoms with Gasteiger partial charge in [0.15, 0.2) is 0 Å². The molecule has 0 bridgehead atoms. The number of benzene rings is 1. The van der Waals surface area contributed by atoms with Crippen molar-refractivity contribution in [3.05, 3.63) is 57.6 Å². The van der Waals surface area contributed by atoms with Crippen molar-refractivity contribution < 1.29 is 0 Å². The van der Waals surface area contributed by atoms with Gasteiger partial charge in [-0.15, -0.1) is 5.10 Å². The van der Waals surface area contributed by atoms with Gasteiger partial charge in [-0.2, -0.15) is 9.50 Å². The second kappa shape index (κ2) is 5.61. The number of pyridine rings is 1. The van der Waals surface area contributed by atoms with E-state index in [1.165, 1.54) is 11.8 Å². The van der Waals surface area contributed by atoms with Crippen molar-refractivity contribution in [1.82, 2.24) is 24.1 Å². The van der Waals surface area contributed by atoms with Crippen LogP contribution in [-0.4, -0.2) is 30.4 Å². The zero-order valence-corrected chi connectivity index (χ0v) is 14.5. The van der Waals surface area contributed by atoms with E-state index in [1.807, 2.05) is 24.5 Å². The van der Waals surface area contributed by atoms with E-state index in [0.717, 1.165) is 0 Å². The van der Waals surface area contributed by atoms with E-state index in [4.69, 9.17) is 11.6 Å². The lowest BCUT2D eigenvalue weighted by atomic mass is 10.2. The minimum absolute atomic E-state index is 0.164. The molecule has 24 heavy (non-hydrogen) atoms. The Kier molecular flexibility index (Phi) is 3.54. The SMILES string of the molecule is CSc1nc2nc(C)c3c(=O)n(-c4cccc(Cl)c4)ccc3n2n1. The Labute approximate surface area is 146 Å². The molecule has 0 aliphatic heterocycles. The highest BCUT2D eigenvalue weighted by molar-refractivity contribution is 7.98. The quantitative estimate of drug-likeness (QED) is 0.516. The lowest BCUT2D eigenvalue weighted by molar-refractivity contribution is 0.901. The van der Waals surface area contributed by atoms with Gasteiger partial charge in [0, 0.05) is 11.2 Å². The molecule has 0 radical (unpaired) electrons. The molecule has 3 aromatic heterocycles. The van der Waals surface area contributed by atoms with Gasteiger partial charge in [-0.25, -0.2) is 4.98 Å². The maximum absolute atomic E-state index is 13.0. The van der Waals surface area contributed by atoms with Gasteiger partial charge in [-0.3, -0.25) is 9.36 Å². The average molecular weight is 358 g/mol. The first-order valence-corrected chi connectivity index (χ1v) is 8.77. The molecule has 6 nitrogen and oxygen atoms in total. The van der Waals surface area contributed by atoms with Crippen LogP contribution in [-0.2, 0) is 0 Å². The first-order chi connectivity index (χ1) is 11.6. The molecule has 0 aliphatic rings. The molecule has 0 saturated carbocycles. The predicted octanol–water partition coefficient (Wildman–Crippen LogP) is 3.11. The second-order valence-corrected chi connectivity index (χ2v) is 6.45. The van der Waals surface area contributed by atoms with Crippen LogP contribution in [0, 0.1) is 6.92 Å². The summed E-state index contributed by atoms with van der Waals surface area (Å²) < 4.78 is 3.17. The van der Waals surface area contributed by atoms with Gasteiger partial charge < -0.3 is 0 Å². The third-order valence-corrected chi connectivity index (χ3v) is 4.54. The summed E-state index contributed by atoms with van der Waals surface area (Å²) in [4.78, 5) is 21.8. The summed E-state index contributed by atoms with van der Waals surface area (Å²) in [6, 6.07) is 9.01. The van der Waals surface area contributed by atoms with E-state index in [2.05, 4.69) is 15.1 Å². The van der Waals surface area contributed by atoms with Gasteiger partial charge in [-0.1, -0.05) is 29.4 Å². The van der Waals surface area contributed by atoms with E-state index in [1.54, 1.807) is 34.3 Å². The van der Waals surface area contributed by atoms with Crippen LogP contribution in [0.5, 0.6) is 0 Å². The molecule has 8 heteroatoms. The van der Waals surface area contributed by atoms with E-state index in [0.29, 0.717) is 38.2 Å². The Hall–Kier alpha value is -2.38. The number of aryl methyl sites for hydroxylation is 1. The molecule has 0 unspecified atom stereocenters. The van der Waals surface area contributed by atoms with Gasteiger partial charge in [0.25, 0.3) is 11.3 Å². The maximum Gasteiger partial charge on any atom is 0.266 e. The Bertz CT molecular complexity index is 1150. The second-order valence-electron chi connectivity index (χ2n) is 5.24. The molecule has 1 aromatic carbocycles. The number of aromatic nitrogens is 5. The normalized spacial score (nSPS) is 11.5. The molecule has 3 heterocycles. The van der Waals surface area contributed by atoms with Crippen molar-refractivity contribution >= 4 is 40.0 Å². The van der Waals surface area contributed by atoms with Crippen LogP contribution >= 0.6 is 23.4 Å². The highest BCUT2D eigenvalue weighted by atomic mass is 35.5. The number of rotatable bonds is 2. The van der Waals surface area contributed by atoms with Gasteiger partial charge in [0.2, 0.25) is 5.16 Å². The zero-order valence-electron chi connectivity index (χ0n) is 12.9. The van der Waals surface area contributed by atoms with Gasteiger partial charge >= 0.3 is 0 Å². The van der Waals surface area contributed by atoms with Gasteiger partial charge in [-0.05, 0) is 37.4 Å². The number of fused-ring (bicyclic) bond motifs is 3. The first kappa shape index (κ1) is 15.2. The molecular weight excluding hydrogens is 346 g/mol. The zero-order chi connectivity index (χ0) is 16.8. The molecule has 0 amide bonds. The molecule has 0 N–H and O–H groups in total. The number of thioether (sulfide) groups is 1. The number of hydrogen-bond acceptors (Lipinski definition) is 5. The van der Waals surface area contributed by atoms with Crippen molar-refractivity contribution in [2.75, 3.05) is 6.26 Å². The van der Waals surface area contributed by atoms with Crippen LogP contribution < -0.4 is 5.56 Å². The smallest absolute Gasteiger partial charge is 0.266 e. The summed E-state index contributed by atoms with van der Waals surface area (Å²) in [5.41, 5.74) is 1.85. The fourth-order valence-electron chi connectivity index (χ4n) is 2.68. The van der Waals surface area contributed by atoms with E-state index in [-0.39, 0.29) is 5.56 Å². The molecular formula is C16H12ClN5OS. The predicted molar refractivity (Wildman–Crippen MR) is 95.4 cm³/mol. The van der Waals surface area contributed by atoms with Crippen molar-refractivity contribution in [3.8, 4) is 5.69 Å². The lowest BCUT2D eigenvalue weighted by Crippen LogP contribution is -2.20. The summed E-state index contributed by atoms with van der Waals surface area (Å²) in [5, 5.41) is 6.10. The molecule has 0 saturated heterocycles. The first-order valence-electron chi connectivity index (χ1n) is 7.17. The Morgan fingerprint density at radius 2 is 2.04 bits per heavy atom. The van der Waals surface area contributed by atoms with Crippen LogP contribution in [0.1, 0.15) is 5.69 Å². The van der Waals surface area contributed by atoms with Crippen molar-refractivity contribution in [2.24, 2.45) is 0 Å². The average Bonchev–Trinajstić information content (AvgIpc) is 2.98. The topological polar surface area (TPSA) is 65.1 Å². The van der Waals surface area contributed by atoms with Crippen LogP contribution in [0.4, 0.5) is 0 Å². The standard InChI is InChI=1S/C16H12ClN5OS/c1-9-13-12(22-15(18-9)19-16(20-22)24-2)6-7-21(14(13)23)11-5-3-4-10(17)8-11/h3-8H,1-2H3. The molecule has 120 valence electrons. The lowest BCUT2D eigenvalue weighted by Gasteiger charge is -2.09. The highest BCUT2D eigenvalue weighted by Crippen LogP contribution is 2.19. The highest BCUT2D eigenvalue weighted by Gasteiger charge is 2.14. The largest absolute Gasteiger partial charge is 0.284 e. The Morgan fingerprint density at radius 3 is 2.79 bits per heavy atom. The molecule has 0 aliphatic carbocycles. The minimum atomic E-state index is -0.164. The van der Waals surface area contributed by atoms with Crippen molar-refractivity contribution in [1.29, 1.82) is 0 Å². The minimum Gasteiger partial charge on any atom is -0.284 e. The Balaban J connectivity index is 2.08. The summed E-state index contributed by atoms with van der Waals surface area (Å²) in [6.45, 7) is 1.81. The summed E-state index contributed by atoms with van der Waals surface area (Å²) in [6.07, 6.45) is 3.62. The van der Waals surface area contributed by atoms with Gasteiger partial charge in [0.1, 0.15) is 0 Å². The van der Waals surface area contributed by atoms with Crippen LogP contribution in [0.25, 0.3) is 22.4 Å². The molecule has 4 rings (SSSR count). The third-order valence-electron chi connectivity index (χ3n) is 3.77.